The van der Waals surface area contributed by atoms with Crippen LogP contribution in [0.2, 0.25) is 0 Å². The molecule has 1 aromatic rings. The average Bonchev–Trinajstić information content (AvgIpc) is 2.98. The van der Waals surface area contributed by atoms with E-state index in [2.05, 4.69) is 15.5 Å². The van der Waals surface area contributed by atoms with Crippen LogP contribution in [0, 0.1) is 5.92 Å². The lowest BCUT2D eigenvalue weighted by Crippen LogP contribution is -2.54. The third-order valence-corrected chi connectivity index (χ3v) is 5.92. The first-order valence-corrected chi connectivity index (χ1v) is 9.75. The number of urea groups is 1. The number of nitrogens with one attached hydrogen (secondary N) is 2. The summed E-state index contributed by atoms with van der Waals surface area (Å²) in [7, 11) is -3.08. The molecule has 0 radical (unpaired) electrons. The predicted octanol–water partition coefficient (Wildman–Crippen LogP) is 0.190. The number of aromatic nitrogens is 2. The fraction of sp³-hybridized carbons (Fsp3) is 0.714. The van der Waals surface area contributed by atoms with Crippen LogP contribution in [0.15, 0.2) is 12.3 Å². The van der Waals surface area contributed by atoms with Crippen molar-refractivity contribution < 1.29 is 13.2 Å². The number of hydrogen-bond acceptors (Lipinski definition) is 4. The van der Waals surface area contributed by atoms with Gasteiger partial charge < -0.3 is 10.2 Å². The van der Waals surface area contributed by atoms with E-state index in [9.17, 15) is 13.2 Å². The van der Waals surface area contributed by atoms with Gasteiger partial charge in [-0.2, -0.15) is 5.10 Å². The molecule has 9 heteroatoms. The van der Waals surface area contributed by atoms with Crippen molar-refractivity contribution in [2.45, 2.75) is 18.8 Å². The zero-order valence-electron chi connectivity index (χ0n) is 13.2. The van der Waals surface area contributed by atoms with Crippen molar-refractivity contribution in [1.82, 2.24) is 24.7 Å². The molecular weight excluding hydrogens is 318 g/mol. The van der Waals surface area contributed by atoms with Crippen LogP contribution in [0.1, 0.15) is 24.5 Å². The lowest BCUT2D eigenvalue weighted by Gasteiger charge is -2.38. The highest BCUT2D eigenvalue weighted by Gasteiger charge is 2.33. The van der Waals surface area contributed by atoms with E-state index in [4.69, 9.17) is 0 Å². The SMILES string of the molecule is CS(=O)(=O)N1CC(CNC(=O)N2CCC(c3ccn[nH]3)CC2)C1. The fourth-order valence-corrected chi connectivity index (χ4v) is 4.12. The Morgan fingerprint density at radius 2 is 2.09 bits per heavy atom. The standard InChI is InChI=1S/C14H23N5O3S/c1-23(21,22)19-9-11(10-19)8-15-14(20)18-6-3-12(4-7-18)13-2-5-16-17-13/h2,5,11-12H,3-4,6-10H2,1H3,(H,15,20)(H,16,17). The minimum atomic E-state index is -3.08. The molecule has 0 unspecified atom stereocenters. The van der Waals surface area contributed by atoms with Gasteiger partial charge >= 0.3 is 6.03 Å². The van der Waals surface area contributed by atoms with Crippen molar-refractivity contribution in [1.29, 1.82) is 0 Å². The van der Waals surface area contributed by atoms with Crippen LogP contribution < -0.4 is 5.32 Å². The van der Waals surface area contributed by atoms with Crippen LogP contribution in [0.5, 0.6) is 0 Å². The first kappa shape index (κ1) is 16.3. The van der Waals surface area contributed by atoms with Crippen molar-refractivity contribution >= 4 is 16.1 Å². The van der Waals surface area contributed by atoms with Gasteiger partial charge in [0.25, 0.3) is 0 Å². The van der Waals surface area contributed by atoms with Crippen molar-refractivity contribution in [3.8, 4) is 0 Å². The summed E-state index contributed by atoms with van der Waals surface area (Å²) in [5.74, 6) is 0.660. The number of rotatable bonds is 4. The minimum Gasteiger partial charge on any atom is -0.338 e. The van der Waals surface area contributed by atoms with Gasteiger partial charge in [0.1, 0.15) is 0 Å². The van der Waals surface area contributed by atoms with Crippen molar-refractivity contribution in [3.63, 3.8) is 0 Å². The second kappa shape index (κ2) is 6.48. The van der Waals surface area contributed by atoms with E-state index in [0.717, 1.165) is 31.6 Å². The summed E-state index contributed by atoms with van der Waals surface area (Å²) < 4.78 is 24.0. The minimum absolute atomic E-state index is 0.0501. The van der Waals surface area contributed by atoms with Gasteiger partial charge in [-0.1, -0.05) is 0 Å². The summed E-state index contributed by atoms with van der Waals surface area (Å²) in [5.41, 5.74) is 1.14. The third kappa shape index (κ3) is 3.84. The van der Waals surface area contributed by atoms with E-state index in [-0.39, 0.29) is 11.9 Å². The third-order valence-electron chi connectivity index (χ3n) is 4.68. The molecule has 0 saturated carbocycles. The Kier molecular flexibility index (Phi) is 4.58. The summed E-state index contributed by atoms with van der Waals surface area (Å²) in [5, 5.41) is 9.90. The van der Waals surface area contributed by atoms with Crippen LogP contribution in [0.25, 0.3) is 0 Å². The molecule has 0 aliphatic carbocycles. The summed E-state index contributed by atoms with van der Waals surface area (Å²) in [4.78, 5) is 14.0. The van der Waals surface area contributed by atoms with Gasteiger partial charge in [-0.05, 0) is 18.9 Å². The van der Waals surface area contributed by atoms with E-state index in [1.807, 2.05) is 11.0 Å². The number of hydrogen-bond donors (Lipinski definition) is 2. The molecule has 1 aromatic heterocycles. The van der Waals surface area contributed by atoms with Gasteiger partial charge in [-0.25, -0.2) is 17.5 Å². The number of likely N-dealkylation sites (tertiary alicyclic amines) is 1. The van der Waals surface area contributed by atoms with Gasteiger partial charge in [0.2, 0.25) is 10.0 Å². The maximum absolute atomic E-state index is 12.2. The fourth-order valence-electron chi connectivity index (χ4n) is 3.15. The Morgan fingerprint density at radius 1 is 1.39 bits per heavy atom. The average molecular weight is 341 g/mol. The highest BCUT2D eigenvalue weighted by atomic mass is 32.2. The van der Waals surface area contributed by atoms with Crippen LogP contribution in [0.4, 0.5) is 4.79 Å². The topological polar surface area (TPSA) is 98.4 Å². The van der Waals surface area contributed by atoms with Crippen LogP contribution in [-0.4, -0.2) is 72.8 Å². The molecule has 0 bridgehead atoms. The highest BCUT2D eigenvalue weighted by molar-refractivity contribution is 7.88. The van der Waals surface area contributed by atoms with Gasteiger partial charge in [0, 0.05) is 56.5 Å². The molecule has 8 nitrogen and oxygen atoms in total. The number of piperidine rings is 1. The molecule has 2 aliphatic rings. The molecule has 0 atom stereocenters. The number of amides is 2. The molecule has 0 aromatic carbocycles. The molecule has 23 heavy (non-hydrogen) atoms. The van der Waals surface area contributed by atoms with E-state index in [0.29, 0.717) is 25.6 Å². The van der Waals surface area contributed by atoms with Gasteiger partial charge in [-0.3, -0.25) is 5.10 Å². The smallest absolute Gasteiger partial charge is 0.317 e. The van der Waals surface area contributed by atoms with Crippen molar-refractivity contribution in [2.24, 2.45) is 5.92 Å². The normalized spacial score (nSPS) is 21.2. The summed E-state index contributed by atoms with van der Waals surface area (Å²) >= 11 is 0. The molecular formula is C14H23N5O3S. The maximum Gasteiger partial charge on any atom is 0.317 e. The molecule has 3 rings (SSSR count). The van der Waals surface area contributed by atoms with Crippen molar-refractivity contribution in [3.05, 3.63) is 18.0 Å². The molecule has 128 valence electrons. The molecule has 2 amide bonds. The number of aromatic amines is 1. The Balaban J connectivity index is 1.37. The number of nitrogens with zero attached hydrogens (tertiary/aromatic N) is 3. The predicted molar refractivity (Wildman–Crippen MR) is 85.4 cm³/mol. The molecule has 3 heterocycles. The lowest BCUT2D eigenvalue weighted by molar-refractivity contribution is 0.166. The van der Waals surface area contributed by atoms with E-state index in [1.54, 1.807) is 6.20 Å². The summed E-state index contributed by atoms with van der Waals surface area (Å²) in [6, 6.07) is 1.94. The zero-order chi connectivity index (χ0) is 16.4. The summed E-state index contributed by atoms with van der Waals surface area (Å²) in [6.07, 6.45) is 4.83. The van der Waals surface area contributed by atoms with Crippen molar-refractivity contribution in [2.75, 3.05) is 39.0 Å². The summed E-state index contributed by atoms with van der Waals surface area (Å²) in [6.45, 7) is 3.00. The lowest BCUT2D eigenvalue weighted by atomic mass is 9.94. The van der Waals surface area contributed by atoms with Crippen LogP contribution >= 0.6 is 0 Å². The Labute approximate surface area is 136 Å². The molecule has 2 aliphatic heterocycles. The number of carbonyl (C=O) groups excluding carboxylic acids is 1. The van der Waals surface area contributed by atoms with Crippen LogP contribution in [-0.2, 0) is 10.0 Å². The van der Waals surface area contributed by atoms with Gasteiger partial charge in [-0.15, -0.1) is 0 Å². The van der Waals surface area contributed by atoms with Gasteiger partial charge in [0.15, 0.2) is 0 Å². The largest absolute Gasteiger partial charge is 0.338 e. The number of sulfonamides is 1. The molecule has 2 saturated heterocycles. The molecule has 2 N–H and O–H groups in total. The Morgan fingerprint density at radius 3 is 2.65 bits per heavy atom. The maximum atomic E-state index is 12.2. The van der Waals surface area contributed by atoms with Crippen LogP contribution in [0.3, 0.4) is 0 Å². The second-order valence-electron chi connectivity index (χ2n) is 6.41. The number of H-pyrrole nitrogens is 1. The first-order chi connectivity index (χ1) is 10.9. The quantitative estimate of drug-likeness (QED) is 0.817. The van der Waals surface area contributed by atoms with Gasteiger partial charge in [0.05, 0.1) is 6.26 Å². The Bertz CT molecular complexity index is 631. The molecule has 0 spiro atoms. The monoisotopic (exact) mass is 341 g/mol. The second-order valence-corrected chi connectivity index (χ2v) is 8.39. The van der Waals surface area contributed by atoms with E-state index < -0.39 is 10.0 Å². The Hall–Kier alpha value is -1.61. The van der Waals surface area contributed by atoms with E-state index >= 15 is 0 Å². The first-order valence-electron chi connectivity index (χ1n) is 7.90. The molecule has 2 fully saturated rings. The number of carbonyl (C=O) groups is 1. The van der Waals surface area contributed by atoms with E-state index in [1.165, 1.54) is 10.6 Å². The zero-order valence-corrected chi connectivity index (χ0v) is 14.1. The highest BCUT2D eigenvalue weighted by Crippen LogP contribution is 2.26.